The second-order valence-corrected chi connectivity index (χ2v) is 13.4. The van der Waals surface area contributed by atoms with Crippen LogP contribution in [0.3, 0.4) is 0 Å². The summed E-state index contributed by atoms with van der Waals surface area (Å²) in [6, 6.07) is 1.59. The van der Waals surface area contributed by atoms with Gasteiger partial charge in [-0.15, -0.1) is 0 Å². The molecule has 1 saturated carbocycles. The quantitative estimate of drug-likeness (QED) is 0.194. The molecule has 1 aromatic heterocycles. The summed E-state index contributed by atoms with van der Waals surface area (Å²) in [5, 5.41) is 0. The van der Waals surface area contributed by atoms with Crippen LogP contribution in [0.15, 0.2) is 23.2 Å². The van der Waals surface area contributed by atoms with E-state index in [4.69, 9.17) is 14.7 Å². The number of aryl methyl sites for hydroxylation is 2. The largest absolute Gasteiger partial charge is 0.376 e. The molecule has 0 spiro atoms. The number of pyridine rings is 1. The summed E-state index contributed by atoms with van der Waals surface area (Å²) < 4.78 is 35.0. The lowest BCUT2D eigenvalue weighted by Gasteiger charge is -2.42. The lowest BCUT2D eigenvalue weighted by molar-refractivity contribution is 0.0160. The van der Waals surface area contributed by atoms with E-state index < -0.39 is 5.92 Å². The third-order valence-corrected chi connectivity index (χ3v) is 8.87. The van der Waals surface area contributed by atoms with Crippen LogP contribution in [0.4, 0.5) is 14.6 Å². The van der Waals surface area contributed by atoms with Gasteiger partial charge < -0.3 is 9.64 Å². The Balaban J connectivity index is 1.77. The summed E-state index contributed by atoms with van der Waals surface area (Å²) >= 11 is 0. The van der Waals surface area contributed by atoms with Gasteiger partial charge in [0, 0.05) is 63.6 Å². The molecule has 1 aliphatic heterocycles. The van der Waals surface area contributed by atoms with Crippen molar-refractivity contribution in [3.8, 4) is 0 Å². The normalized spacial score (nSPS) is 20.2. The number of hydrogen-bond acceptors (Lipinski definition) is 5. The van der Waals surface area contributed by atoms with Crippen LogP contribution in [0.5, 0.6) is 0 Å². The summed E-state index contributed by atoms with van der Waals surface area (Å²) in [5.74, 6) is -1.54. The molecule has 3 rings (SSSR count). The van der Waals surface area contributed by atoms with Gasteiger partial charge in [-0.05, 0) is 90.2 Å². The molecule has 0 N–H and O–H groups in total. The first-order valence-corrected chi connectivity index (χ1v) is 15.3. The predicted octanol–water partition coefficient (Wildman–Crippen LogP) is 7.73. The lowest BCUT2D eigenvalue weighted by atomic mass is 9.93. The fraction of sp³-hybridized carbons (Fsp3) is 0.758. The fourth-order valence-corrected chi connectivity index (χ4v) is 6.18. The van der Waals surface area contributed by atoms with Crippen molar-refractivity contribution in [1.29, 1.82) is 0 Å². The molecule has 40 heavy (non-hydrogen) atoms. The molecule has 7 heteroatoms. The van der Waals surface area contributed by atoms with E-state index in [9.17, 15) is 8.78 Å². The van der Waals surface area contributed by atoms with E-state index in [-0.39, 0.29) is 17.2 Å². The van der Waals surface area contributed by atoms with Crippen molar-refractivity contribution in [2.75, 3.05) is 39.8 Å². The molecule has 1 aromatic rings. The number of aromatic nitrogens is 1. The highest BCUT2D eigenvalue weighted by Crippen LogP contribution is 2.36. The number of rotatable bonds is 12. The molecule has 2 heterocycles. The highest BCUT2D eigenvalue weighted by Gasteiger charge is 2.31. The zero-order valence-electron chi connectivity index (χ0n) is 26.5. The molecule has 0 bridgehead atoms. The topological polar surface area (TPSA) is 41.0 Å². The van der Waals surface area contributed by atoms with Gasteiger partial charge in [-0.2, -0.15) is 0 Å². The van der Waals surface area contributed by atoms with Crippen LogP contribution in [0.1, 0.15) is 96.9 Å². The number of piperazine rings is 1. The first kappa shape index (κ1) is 32.8. The van der Waals surface area contributed by atoms with Crippen LogP contribution in [0.25, 0.3) is 0 Å². The van der Waals surface area contributed by atoms with Crippen LogP contribution in [0, 0.1) is 18.8 Å². The van der Waals surface area contributed by atoms with Gasteiger partial charge in [-0.1, -0.05) is 31.9 Å². The van der Waals surface area contributed by atoms with Gasteiger partial charge in [0.25, 0.3) is 5.92 Å². The third kappa shape index (κ3) is 9.15. The molecule has 2 unspecified atom stereocenters. The summed E-state index contributed by atoms with van der Waals surface area (Å²) in [6.07, 6.45) is 6.53. The second kappa shape index (κ2) is 14.0. The molecule has 0 amide bonds. The minimum atomic E-state index is -2.96. The average Bonchev–Trinajstić information content (AvgIpc) is 3.42. The van der Waals surface area contributed by atoms with E-state index in [1.165, 1.54) is 18.4 Å². The maximum absolute atomic E-state index is 14.7. The van der Waals surface area contributed by atoms with Crippen molar-refractivity contribution in [2.45, 2.75) is 111 Å². The summed E-state index contributed by atoms with van der Waals surface area (Å²) in [5.41, 5.74) is 3.40. The maximum Gasteiger partial charge on any atom is 0.272 e. The molecular formula is C33H54F2N4O. The molecule has 1 saturated heterocycles. The second-order valence-electron chi connectivity index (χ2n) is 13.4. The number of aliphatic imine (C=N–C) groups is 1. The smallest absolute Gasteiger partial charge is 0.272 e. The molecule has 0 radical (unpaired) electrons. The zero-order chi connectivity index (χ0) is 29.7. The molecule has 2 atom stereocenters. The van der Waals surface area contributed by atoms with Gasteiger partial charge in [-0.25, -0.2) is 18.8 Å². The molecule has 0 aromatic carbocycles. The SMILES string of the molecule is C=C(CCc1nc(N=C(CC(C)CN2CCN(C(C)(C)C)CC2)C(C)OC)c(C)cc1C(C)(F)F)C1CCCC1. The van der Waals surface area contributed by atoms with E-state index in [1.807, 2.05) is 13.8 Å². The number of alkyl halides is 2. The van der Waals surface area contributed by atoms with Crippen molar-refractivity contribution >= 4 is 11.5 Å². The number of halogens is 2. The Hall–Kier alpha value is -1.70. The predicted molar refractivity (Wildman–Crippen MR) is 163 cm³/mol. The lowest BCUT2D eigenvalue weighted by Crippen LogP contribution is -2.54. The van der Waals surface area contributed by atoms with Crippen LogP contribution in [-0.2, 0) is 17.1 Å². The zero-order valence-corrected chi connectivity index (χ0v) is 26.5. The maximum atomic E-state index is 14.7. The minimum Gasteiger partial charge on any atom is -0.376 e. The van der Waals surface area contributed by atoms with Crippen molar-refractivity contribution in [3.63, 3.8) is 0 Å². The Bertz CT molecular complexity index is 1010. The minimum absolute atomic E-state index is 0.00674. The van der Waals surface area contributed by atoms with E-state index in [1.54, 1.807) is 13.2 Å². The highest BCUT2D eigenvalue weighted by atomic mass is 19.3. The first-order valence-electron chi connectivity index (χ1n) is 15.3. The fourth-order valence-electron chi connectivity index (χ4n) is 6.18. The Labute approximate surface area is 242 Å². The van der Waals surface area contributed by atoms with E-state index in [2.05, 4.69) is 44.1 Å². The Morgan fingerprint density at radius 2 is 1.75 bits per heavy atom. The van der Waals surface area contributed by atoms with Crippen LogP contribution < -0.4 is 0 Å². The summed E-state index contributed by atoms with van der Waals surface area (Å²) in [7, 11) is 1.69. The highest BCUT2D eigenvalue weighted by molar-refractivity contribution is 5.90. The van der Waals surface area contributed by atoms with E-state index >= 15 is 0 Å². The molecule has 5 nitrogen and oxygen atoms in total. The van der Waals surface area contributed by atoms with Crippen LogP contribution >= 0.6 is 0 Å². The Kier molecular flexibility index (Phi) is 11.5. The first-order chi connectivity index (χ1) is 18.7. The monoisotopic (exact) mass is 560 g/mol. The number of hydrogen-bond donors (Lipinski definition) is 0. The van der Waals surface area contributed by atoms with Crippen molar-refractivity contribution in [2.24, 2.45) is 16.8 Å². The van der Waals surface area contributed by atoms with Gasteiger partial charge in [0.1, 0.15) is 0 Å². The van der Waals surface area contributed by atoms with Crippen LogP contribution in [-0.4, -0.2) is 72.0 Å². The van der Waals surface area contributed by atoms with Crippen LogP contribution in [0.2, 0.25) is 0 Å². The Morgan fingerprint density at radius 1 is 1.12 bits per heavy atom. The van der Waals surface area contributed by atoms with Crippen molar-refractivity contribution in [3.05, 3.63) is 35.0 Å². The molecule has 2 fully saturated rings. The average molecular weight is 561 g/mol. The summed E-state index contributed by atoms with van der Waals surface area (Å²) in [4.78, 5) is 14.8. The van der Waals surface area contributed by atoms with E-state index in [0.717, 1.165) is 64.6 Å². The van der Waals surface area contributed by atoms with E-state index in [0.29, 0.717) is 41.8 Å². The van der Waals surface area contributed by atoms with Gasteiger partial charge >= 0.3 is 0 Å². The van der Waals surface area contributed by atoms with Gasteiger partial charge in [-0.3, -0.25) is 4.90 Å². The summed E-state index contributed by atoms with van der Waals surface area (Å²) in [6.45, 7) is 23.5. The Morgan fingerprint density at radius 3 is 2.30 bits per heavy atom. The third-order valence-electron chi connectivity index (χ3n) is 8.87. The number of allylic oxidation sites excluding steroid dienone is 1. The van der Waals surface area contributed by atoms with Crippen molar-refractivity contribution in [1.82, 2.24) is 14.8 Å². The number of ether oxygens (including phenoxy) is 1. The number of methoxy groups -OCH3 is 1. The van der Waals surface area contributed by atoms with Gasteiger partial charge in [0.2, 0.25) is 0 Å². The molecule has 2 aliphatic rings. The van der Waals surface area contributed by atoms with Gasteiger partial charge in [0.05, 0.1) is 11.8 Å². The van der Waals surface area contributed by atoms with Gasteiger partial charge in [0.15, 0.2) is 5.82 Å². The molecule has 226 valence electrons. The standard InChI is InChI=1S/C33H54F2N4O/c1-23(22-38-16-18-39(19-17-38)32(5,6)7)20-30(26(4)40-9)37-31-25(3)21-28(33(8,34)35)29(36-31)15-14-24(2)27-12-10-11-13-27/h21,23,26-27H,2,10-20,22H2,1,3-9H3. The van der Waals surface area contributed by atoms with Crippen molar-refractivity contribution < 1.29 is 13.5 Å². The molecular weight excluding hydrogens is 506 g/mol. The number of nitrogens with zero attached hydrogens (tertiary/aromatic N) is 4. The molecule has 1 aliphatic carbocycles.